The van der Waals surface area contributed by atoms with Crippen molar-refractivity contribution in [3.05, 3.63) is 0 Å². The molecule has 1 aliphatic heterocycles. The summed E-state index contributed by atoms with van der Waals surface area (Å²) < 4.78 is 0. The molecule has 11 heavy (non-hydrogen) atoms. The number of likely N-dealkylation sites (tertiary alicyclic amines) is 1. The Bertz CT molecular complexity index is 129. The van der Waals surface area contributed by atoms with Crippen molar-refractivity contribution < 1.29 is 10.2 Å². The predicted octanol–water partition coefficient (Wildman–Crippen LogP) is -0.175. The minimum Gasteiger partial charge on any atom is -0.393 e. The second-order valence-corrected chi connectivity index (χ2v) is 3.54. The van der Waals surface area contributed by atoms with E-state index in [9.17, 15) is 5.11 Å². The zero-order valence-electron chi connectivity index (χ0n) is 7.08. The minimum atomic E-state index is -0.801. The van der Waals surface area contributed by atoms with Gasteiger partial charge in [-0.05, 0) is 32.9 Å². The van der Waals surface area contributed by atoms with Gasteiger partial charge in [0.2, 0.25) is 0 Å². The Morgan fingerprint density at radius 2 is 2.09 bits per heavy atom. The van der Waals surface area contributed by atoms with Gasteiger partial charge in [0.1, 0.15) is 0 Å². The quantitative estimate of drug-likeness (QED) is 0.558. The lowest BCUT2D eigenvalue weighted by molar-refractivity contribution is -0.0250. The molecule has 0 saturated carbocycles. The highest BCUT2D eigenvalue weighted by Gasteiger charge is 2.27. The summed E-state index contributed by atoms with van der Waals surface area (Å²) in [5.41, 5.74) is -0.801. The van der Waals surface area contributed by atoms with Gasteiger partial charge in [-0.3, -0.25) is 0 Å². The molecule has 0 amide bonds. The average Bonchev–Trinajstić information content (AvgIpc) is 2.15. The molecule has 3 heteroatoms. The Hall–Kier alpha value is -0.120. The molecule has 2 N–H and O–H groups in total. The standard InChI is InChI=1S/C8H17NO2/c1-9-5-2-3-8(11,7-10)4-6-9/h10-11H,2-7H2,1H3. The summed E-state index contributed by atoms with van der Waals surface area (Å²) in [4.78, 5) is 2.19. The van der Waals surface area contributed by atoms with Gasteiger partial charge in [0.05, 0.1) is 12.2 Å². The smallest absolute Gasteiger partial charge is 0.0890 e. The first kappa shape index (κ1) is 8.97. The third-order valence-electron chi connectivity index (χ3n) is 2.44. The van der Waals surface area contributed by atoms with Crippen molar-refractivity contribution >= 4 is 0 Å². The lowest BCUT2D eigenvalue weighted by Gasteiger charge is -2.23. The van der Waals surface area contributed by atoms with Crippen LogP contribution in [0.25, 0.3) is 0 Å². The molecular formula is C8H17NO2. The third kappa shape index (κ3) is 2.43. The van der Waals surface area contributed by atoms with E-state index in [4.69, 9.17) is 5.11 Å². The molecule has 0 aliphatic carbocycles. The van der Waals surface area contributed by atoms with E-state index in [-0.39, 0.29) is 6.61 Å². The van der Waals surface area contributed by atoms with Crippen LogP contribution in [0.2, 0.25) is 0 Å². The normalized spacial score (nSPS) is 35.2. The molecule has 0 aromatic heterocycles. The molecule has 1 unspecified atom stereocenters. The zero-order chi connectivity index (χ0) is 8.32. The molecule has 0 bridgehead atoms. The molecule has 0 aromatic rings. The van der Waals surface area contributed by atoms with Crippen LogP contribution in [-0.4, -0.2) is 47.5 Å². The van der Waals surface area contributed by atoms with Crippen molar-refractivity contribution in [3.8, 4) is 0 Å². The number of hydrogen-bond donors (Lipinski definition) is 2. The van der Waals surface area contributed by atoms with Crippen molar-refractivity contribution in [1.29, 1.82) is 0 Å². The van der Waals surface area contributed by atoms with E-state index in [1.54, 1.807) is 0 Å². The Morgan fingerprint density at radius 3 is 2.73 bits per heavy atom. The molecule has 1 heterocycles. The van der Waals surface area contributed by atoms with Gasteiger partial charge in [-0.1, -0.05) is 0 Å². The first-order valence-electron chi connectivity index (χ1n) is 4.18. The number of rotatable bonds is 1. The maximum atomic E-state index is 9.70. The van der Waals surface area contributed by atoms with Gasteiger partial charge < -0.3 is 15.1 Å². The van der Waals surface area contributed by atoms with Crippen LogP contribution in [0.1, 0.15) is 19.3 Å². The van der Waals surface area contributed by atoms with Gasteiger partial charge in [0, 0.05) is 6.54 Å². The van der Waals surface area contributed by atoms with Crippen LogP contribution < -0.4 is 0 Å². The number of nitrogens with zero attached hydrogens (tertiary/aromatic N) is 1. The highest BCUT2D eigenvalue weighted by atomic mass is 16.3. The van der Waals surface area contributed by atoms with Crippen LogP contribution in [0.4, 0.5) is 0 Å². The van der Waals surface area contributed by atoms with Crippen LogP contribution in [0.15, 0.2) is 0 Å². The first-order valence-corrected chi connectivity index (χ1v) is 4.18. The van der Waals surface area contributed by atoms with Crippen molar-refractivity contribution in [1.82, 2.24) is 4.90 Å². The molecule has 0 radical (unpaired) electrons. The van der Waals surface area contributed by atoms with E-state index in [0.29, 0.717) is 6.42 Å². The largest absolute Gasteiger partial charge is 0.393 e. The predicted molar refractivity (Wildman–Crippen MR) is 43.4 cm³/mol. The third-order valence-corrected chi connectivity index (χ3v) is 2.44. The summed E-state index contributed by atoms with van der Waals surface area (Å²) in [6.07, 6.45) is 2.40. The van der Waals surface area contributed by atoms with Crippen LogP contribution >= 0.6 is 0 Å². The van der Waals surface area contributed by atoms with Crippen molar-refractivity contribution in [3.63, 3.8) is 0 Å². The number of hydrogen-bond acceptors (Lipinski definition) is 3. The van der Waals surface area contributed by atoms with E-state index in [1.807, 2.05) is 7.05 Å². The van der Waals surface area contributed by atoms with Gasteiger partial charge in [-0.15, -0.1) is 0 Å². The number of aliphatic hydroxyl groups excluding tert-OH is 1. The van der Waals surface area contributed by atoms with Crippen LogP contribution in [0.3, 0.4) is 0 Å². The molecule has 1 fully saturated rings. The summed E-state index contributed by atoms with van der Waals surface area (Å²) in [7, 11) is 2.04. The summed E-state index contributed by atoms with van der Waals surface area (Å²) in [6, 6.07) is 0. The summed E-state index contributed by atoms with van der Waals surface area (Å²) in [5.74, 6) is 0. The van der Waals surface area contributed by atoms with Crippen molar-refractivity contribution in [2.24, 2.45) is 0 Å². The highest BCUT2D eigenvalue weighted by Crippen LogP contribution is 2.20. The van der Waals surface area contributed by atoms with E-state index in [2.05, 4.69) is 4.90 Å². The lowest BCUT2D eigenvalue weighted by atomic mass is 9.96. The lowest BCUT2D eigenvalue weighted by Crippen LogP contribution is -2.34. The van der Waals surface area contributed by atoms with Crippen LogP contribution in [0, 0.1) is 0 Å². The molecule has 1 saturated heterocycles. The first-order chi connectivity index (χ1) is 5.16. The molecule has 3 nitrogen and oxygen atoms in total. The zero-order valence-corrected chi connectivity index (χ0v) is 7.08. The van der Waals surface area contributed by atoms with Crippen LogP contribution in [0.5, 0.6) is 0 Å². The van der Waals surface area contributed by atoms with Gasteiger partial charge in [0.25, 0.3) is 0 Å². The molecule has 1 atom stereocenters. The summed E-state index contributed by atoms with van der Waals surface area (Å²) >= 11 is 0. The SMILES string of the molecule is CN1CCCC(O)(CO)CC1. The highest BCUT2D eigenvalue weighted by molar-refractivity contribution is 4.81. The second kappa shape index (κ2) is 3.52. The number of aliphatic hydroxyl groups is 2. The Morgan fingerprint density at radius 1 is 1.36 bits per heavy atom. The second-order valence-electron chi connectivity index (χ2n) is 3.54. The monoisotopic (exact) mass is 159 g/mol. The Labute approximate surface area is 67.6 Å². The van der Waals surface area contributed by atoms with E-state index < -0.39 is 5.60 Å². The summed E-state index contributed by atoms with van der Waals surface area (Å²) in [5, 5.41) is 18.6. The van der Waals surface area contributed by atoms with Crippen molar-refractivity contribution in [2.45, 2.75) is 24.9 Å². The van der Waals surface area contributed by atoms with Gasteiger partial charge in [0.15, 0.2) is 0 Å². The maximum absolute atomic E-state index is 9.70. The maximum Gasteiger partial charge on any atom is 0.0890 e. The van der Waals surface area contributed by atoms with E-state index in [1.165, 1.54) is 0 Å². The Balaban J connectivity index is 2.45. The minimum absolute atomic E-state index is 0.0964. The molecule has 1 rings (SSSR count). The van der Waals surface area contributed by atoms with Gasteiger partial charge in [-0.2, -0.15) is 0 Å². The molecular weight excluding hydrogens is 142 g/mol. The van der Waals surface area contributed by atoms with Crippen LogP contribution in [-0.2, 0) is 0 Å². The summed E-state index contributed by atoms with van der Waals surface area (Å²) in [6.45, 7) is 1.82. The fraction of sp³-hybridized carbons (Fsp3) is 1.00. The fourth-order valence-corrected chi connectivity index (χ4v) is 1.47. The molecule has 0 spiro atoms. The topological polar surface area (TPSA) is 43.7 Å². The molecule has 0 aromatic carbocycles. The average molecular weight is 159 g/mol. The molecule has 1 aliphatic rings. The van der Waals surface area contributed by atoms with E-state index in [0.717, 1.165) is 25.9 Å². The van der Waals surface area contributed by atoms with Crippen molar-refractivity contribution in [2.75, 3.05) is 26.7 Å². The fourth-order valence-electron chi connectivity index (χ4n) is 1.47. The van der Waals surface area contributed by atoms with E-state index >= 15 is 0 Å². The molecule has 66 valence electrons. The van der Waals surface area contributed by atoms with Gasteiger partial charge in [-0.25, -0.2) is 0 Å². The Kier molecular flexibility index (Phi) is 2.87. The van der Waals surface area contributed by atoms with Gasteiger partial charge >= 0.3 is 0 Å².